The van der Waals surface area contributed by atoms with Crippen LogP contribution in [0.3, 0.4) is 0 Å². The molecule has 0 atom stereocenters. The van der Waals surface area contributed by atoms with Crippen LogP contribution in [0.15, 0.2) is 42.6 Å². The molecular weight excluding hydrogens is 281 g/mol. The summed E-state index contributed by atoms with van der Waals surface area (Å²) < 4.78 is 13.5. The molecule has 1 aromatic carbocycles. The van der Waals surface area contributed by atoms with Crippen molar-refractivity contribution < 1.29 is 9.18 Å². The first kappa shape index (κ1) is 14.1. The van der Waals surface area contributed by atoms with Gasteiger partial charge in [-0.3, -0.25) is 9.78 Å². The van der Waals surface area contributed by atoms with E-state index >= 15 is 0 Å². The van der Waals surface area contributed by atoms with E-state index in [0.717, 1.165) is 5.56 Å². The molecule has 1 N–H and O–H groups in total. The summed E-state index contributed by atoms with van der Waals surface area (Å²) in [5.41, 5.74) is 2.52. The summed E-state index contributed by atoms with van der Waals surface area (Å²) in [6.45, 7) is 3.66. The maximum absolute atomic E-state index is 13.5. The van der Waals surface area contributed by atoms with Crippen molar-refractivity contribution in [3.05, 3.63) is 65.2 Å². The van der Waals surface area contributed by atoms with E-state index in [-0.39, 0.29) is 5.91 Å². The van der Waals surface area contributed by atoms with Gasteiger partial charge in [-0.25, -0.2) is 9.37 Å². The maximum atomic E-state index is 13.5. The van der Waals surface area contributed by atoms with Crippen molar-refractivity contribution in [1.29, 1.82) is 0 Å². The summed E-state index contributed by atoms with van der Waals surface area (Å²) in [5, 5.41) is 3.25. The molecule has 1 amide bonds. The van der Waals surface area contributed by atoms with Gasteiger partial charge in [0.2, 0.25) is 0 Å². The third-order valence-corrected chi connectivity index (χ3v) is 3.38. The molecule has 0 spiro atoms. The van der Waals surface area contributed by atoms with Crippen molar-refractivity contribution in [2.75, 3.05) is 5.32 Å². The number of nitrogens with zero attached hydrogens (tertiary/aromatic N) is 2. The molecule has 3 aromatic rings. The highest BCUT2D eigenvalue weighted by molar-refractivity contribution is 6.12. The molecule has 0 fully saturated rings. The Morgan fingerprint density at radius 2 is 2.00 bits per heavy atom. The molecule has 5 heteroatoms. The largest absolute Gasteiger partial charge is 0.306 e. The van der Waals surface area contributed by atoms with E-state index in [2.05, 4.69) is 15.3 Å². The Kier molecular flexibility index (Phi) is 3.55. The molecule has 0 aliphatic carbocycles. The average Bonchev–Trinajstić information content (AvgIpc) is 2.49. The number of aromatic nitrogens is 2. The van der Waals surface area contributed by atoms with Crippen LogP contribution in [0.2, 0.25) is 0 Å². The third kappa shape index (κ3) is 2.65. The number of anilines is 1. The van der Waals surface area contributed by atoms with Gasteiger partial charge in [0.05, 0.1) is 11.1 Å². The molecule has 2 heterocycles. The quantitative estimate of drug-likeness (QED) is 0.785. The van der Waals surface area contributed by atoms with Crippen LogP contribution in [-0.4, -0.2) is 15.9 Å². The molecule has 0 radical (unpaired) electrons. The van der Waals surface area contributed by atoms with Crippen molar-refractivity contribution in [2.45, 2.75) is 13.8 Å². The molecule has 22 heavy (non-hydrogen) atoms. The van der Waals surface area contributed by atoms with Crippen molar-refractivity contribution >= 4 is 22.6 Å². The minimum atomic E-state index is -0.402. The van der Waals surface area contributed by atoms with E-state index in [1.807, 2.05) is 13.0 Å². The Labute approximate surface area is 127 Å². The summed E-state index contributed by atoms with van der Waals surface area (Å²) in [6.07, 6.45) is 1.61. The first-order chi connectivity index (χ1) is 10.5. The van der Waals surface area contributed by atoms with Crippen molar-refractivity contribution in [3.63, 3.8) is 0 Å². The molecule has 0 bridgehead atoms. The molecule has 0 aliphatic rings. The lowest BCUT2D eigenvalue weighted by Crippen LogP contribution is -2.15. The minimum absolute atomic E-state index is 0.331. The van der Waals surface area contributed by atoms with Crippen molar-refractivity contribution in [1.82, 2.24) is 9.97 Å². The number of hydrogen-bond acceptors (Lipinski definition) is 3. The fraction of sp³-hybridized carbons (Fsp3) is 0.118. The summed E-state index contributed by atoms with van der Waals surface area (Å²) in [4.78, 5) is 21.0. The number of aryl methyl sites for hydroxylation is 2. The van der Waals surface area contributed by atoms with Gasteiger partial charge in [0.15, 0.2) is 0 Å². The lowest BCUT2D eigenvalue weighted by molar-refractivity contribution is 0.102. The second-order valence-electron chi connectivity index (χ2n) is 5.10. The zero-order chi connectivity index (χ0) is 15.7. The average molecular weight is 295 g/mol. The third-order valence-electron chi connectivity index (χ3n) is 3.38. The number of hydrogen-bond donors (Lipinski definition) is 1. The first-order valence-electron chi connectivity index (χ1n) is 6.84. The van der Waals surface area contributed by atoms with Gasteiger partial charge in [0.25, 0.3) is 5.91 Å². The zero-order valence-corrected chi connectivity index (χ0v) is 12.2. The van der Waals surface area contributed by atoms with Crippen LogP contribution in [0, 0.1) is 19.7 Å². The standard InChI is InChI=1S/C17H14FN3O/c1-10-4-3-7-19-16(10)21-17(22)14-8-11(2)20-15-6-5-12(18)9-13(14)15/h3-9H,1-2H3,(H,19,21,22). The van der Waals surface area contributed by atoms with Gasteiger partial charge >= 0.3 is 0 Å². The van der Waals surface area contributed by atoms with Crippen LogP contribution in [0.1, 0.15) is 21.6 Å². The van der Waals surface area contributed by atoms with Gasteiger partial charge in [0.1, 0.15) is 11.6 Å². The van der Waals surface area contributed by atoms with E-state index in [9.17, 15) is 9.18 Å². The fourth-order valence-electron chi connectivity index (χ4n) is 2.31. The SMILES string of the molecule is Cc1cc(C(=O)Nc2ncccc2C)c2cc(F)ccc2n1. The molecular formula is C17H14FN3O. The molecule has 0 unspecified atom stereocenters. The summed E-state index contributed by atoms with van der Waals surface area (Å²) in [7, 11) is 0. The van der Waals surface area contributed by atoms with Crippen LogP contribution >= 0.6 is 0 Å². The number of carbonyl (C=O) groups excluding carboxylic acids is 1. The predicted octanol–water partition coefficient (Wildman–Crippen LogP) is 3.64. The molecule has 0 saturated heterocycles. The van der Waals surface area contributed by atoms with Gasteiger partial charge in [-0.05, 0) is 49.7 Å². The maximum Gasteiger partial charge on any atom is 0.257 e. The monoisotopic (exact) mass is 295 g/mol. The van der Waals surface area contributed by atoms with Gasteiger partial charge in [-0.1, -0.05) is 6.07 Å². The number of pyridine rings is 2. The number of fused-ring (bicyclic) bond motifs is 1. The van der Waals surface area contributed by atoms with Crippen LogP contribution < -0.4 is 5.32 Å². The smallest absolute Gasteiger partial charge is 0.257 e. The number of amides is 1. The Morgan fingerprint density at radius 3 is 2.77 bits per heavy atom. The first-order valence-corrected chi connectivity index (χ1v) is 6.84. The predicted molar refractivity (Wildman–Crippen MR) is 83.4 cm³/mol. The van der Waals surface area contributed by atoms with Crippen LogP contribution in [0.25, 0.3) is 10.9 Å². The second-order valence-corrected chi connectivity index (χ2v) is 5.10. The van der Waals surface area contributed by atoms with E-state index < -0.39 is 5.82 Å². The number of nitrogens with one attached hydrogen (secondary N) is 1. The Balaban J connectivity index is 2.07. The summed E-state index contributed by atoms with van der Waals surface area (Å²) in [6, 6.07) is 9.53. The van der Waals surface area contributed by atoms with Gasteiger partial charge in [-0.15, -0.1) is 0 Å². The fourth-order valence-corrected chi connectivity index (χ4v) is 2.31. The number of carbonyl (C=O) groups is 1. The van der Waals surface area contributed by atoms with Crippen LogP contribution in [0.5, 0.6) is 0 Å². The molecule has 0 aliphatic heterocycles. The molecule has 3 rings (SSSR count). The van der Waals surface area contributed by atoms with Crippen LogP contribution in [0.4, 0.5) is 10.2 Å². The zero-order valence-electron chi connectivity index (χ0n) is 12.2. The van der Waals surface area contributed by atoms with Crippen LogP contribution in [-0.2, 0) is 0 Å². The van der Waals surface area contributed by atoms with Crippen molar-refractivity contribution in [2.24, 2.45) is 0 Å². The summed E-state index contributed by atoms with van der Waals surface area (Å²) >= 11 is 0. The van der Waals surface area contributed by atoms with Gasteiger partial charge in [-0.2, -0.15) is 0 Å². The lowest BCUT2D eigenvalue weighted by Gasteiger charge is -2.10. The second kappa shape index (κ2) is 5.52. The lowest BCUT2D eigenvalue weighted by atomic mass is 10.1. The molecule has 2 aromatic heterocycles. The molecule has 4 nitrogen and oxygen atoms in total. The molecule has 110 valence electrons. The highest BCUT2D eigenvalue weighted by Gasteiger charge is 2.14. The Bertz CT molecular complexity index is 877. The highest BCUT2D eigenvalue weighted by atomic mass is 19.1. The minimum Gasteiger partial charge on any atom is -0.306 e. The van der Waals surface area contributed by atoms with E-state index in [0.29, 0.717) is 28.0 Å². The van der Waals surface area contributed by atoms with Gasteiger partial charge < -0.3 is 5.32 Å². The van der Waals surface area contributed by atoms with E-state index in [1.54, 1.807) is 31.3 Å². The highest BCUT2D eigenvalue weighted by Crippen LogP contribution is 2.21. The van der Waals surface area contributed by atoms with Crippen molar-refractivity contribution in [3.8, 4) is 0 Å². The van der Waals surface area contributed by atoms with Gasteiger partial charge in [0, 0.05) is 17.3 Å². The Hall–Kier alpha value is -2.82. The normalized spacial score (nSPS) is 10.7. The van der Waals surface area contributed by atoms with E-state index in [1.165, 1.54) is 12.1 Å². The number of halogens is 1. The Morgan fingerprint density at radius 1 is 1.18 bits per heavy atom. The molecule has 0 saturated carbocycles. The number of rotatable bonds is 2. The topological polar surface area (TPSA) is 54.9 Å². The number of benzene rings is 1. The summed E-state index contributed by atoms with van der Waals surface area (Å²) in [5.74, 6) is -0.240. The van der Waals surface area contributed by atoms with E-state index in [4.69, 9.17) is 0 Å².